The van der Waals surface area contributed by atoms with E-state index in [0.29, 0.717) is 15.1 Å². The molecule has 1 aliphatic rings. The van der Waals surface area contributed by atoms with Crippen molar-refractivity contribution in [3.63, 3.8) is 0 Å². The molecule has 2 heterocycles. The highest BCUT2D eigenvalue weighted by Gasteiger charge is 2.23. The molecule has 0 spiro atoms. The molecule has 1 aromatic heterocycles. The molecule has 22 heavy (non-hydrogen) atoms. The van der Waals surface area contributed by atoms with Crippen molar-refractivity contribution in [2.75, 3.05) is 0 Å². The van der Waals surface area contributed by atoms with E-state index in [1.54, 1.807) is 24.5 Å². The number of aryl methyl sites for hydroxylation is 1. The maximum atomic E-state index is 12.0. The van der Waals surface area contributed by atoms with Crippen LogP contribution in [0.1, 0.15) is 11.1 Å². The Morgan fingerprint density at radius 1 is 1.36 bits per heavy atom. The van der Waals surface area contributed by atoms with Crippen molar-refractivity contribution in [3.05, 3.63) is 63.8 Å². The van der Waals surface area contributed by atoms with Crippen molar-refractivity contribution in [1.82, 2.24) is 10.3 Å². The normalized spacial score (nSPS) is 18.0. The summed E-state index contributed by atoms with van der Waals surface area (Å²) >= 11 is 7.30. The molecule has 1 saturated heterocycles. The molecule has 0 unspecified atom stereocenters. The summed E-state index contributed by atoms with van der Waals surface area (Å²) < 4.78 is 0. The third kappa shape index (κ3) is 3.37. The minimum absolute atomic E-state index is 0.154. The molecule has 0 radical (unpaired) electrons. The molecule has 1 fully saturated rings. The maximum Gasteiger partial charge on any atom is 0.264 e. The number of aromatic nitrogens is 1. The van der Waals surface area contributed by atoms with Crippen LogP contribution in [0, 0.1) is 6.92 Å². The summed E-state index contributed by atoms with van der Waals surface area (Å²) in [5.41, 5.74) is 2.58. The van der Waals surface area contributed by atoms with Gasteiger partial charge in [0.25, 0.3) is 5.91 Å². The largest absolute Gasteiger partial charge is 0.300 e. The molecular formula is C16H12ClN3OS. The van der Waals surface area contributed by atoms with E-state index in [1.165, 1.54) is 11.8 Å². The fraction of sp³-hybridized carbons (Fsp3) is 0.0625. The van der Waals surface area contributed by atoms with Crippen LogP contribution in [-0.2, 0) is 4.79 Å². The summed E-state index contributed by atoms with van der Waals surface area (Å²) in [6.45, 7) is 1.92. The standard InChI is InChI=1S/C16H12ClN3OS/c1-10-7-12(4-5-13(10)17)19-16-20-15(21)14(22-16)8-11-3-2-6-18-9-11/h2-9H,1H3,(H,19,20,21)/b14-8+. The van der Waals surface area contributed by atoms with Gasteiger partial charge in [0, 0.05) is 17.4 Å². The fourth-order valence-electron chi connectivity index (χ4n) is 1.91. The van der Waals surface area contributed by atoms with Crippen LogP contribution in [0.5, 0.6) is 0 Å². The predicted molar refractivity (Wildman–Crippen MR) is 91.2 cm³/mol. The Hall–Kier alpha value is -2.11. The third-order valence-corrected chi connectivity index (χ3v) is 4.34. The zero-order valence-corrected chi connectivity index (χ0v) is 13.3. The van der Waals surface area contributed by atoms with Crippen LogP contribution in [0.4, 0.5) is 5.69 Å². The van der Waals surface area contributed by atoms with Crippen LogP contribution in [-0.4, -0.2) is 16.1 Å². The number of hydrogen-bond donors (Lipinski definition) is 1. The monoisotopic (exact) mass is 329 g/mol. The van der Waals surface area contributed by atoms with Crippen molar-refractivity contribution in [2.24, 2.45) is 4.99 Å². The highest BCUT2D eigenvalue weighted by Crippen LogP contribution is 2.29. The summed E-state index contributed by atoms with van der Waals surface area (Å²) in [6, 6.07) is 9.22. The Kier molecular flexibility index (Phi) is 4.27. The molecule has 0 atom stereocenters. The molecule has 1 aliphatic heterocycles. The Labute approximate surface area is 137 Å². The molecule has 1 amide bonds. The zero-order chi connectivity index (χ0) is 15.5. The molecule has 2 aromatic rings. The highest BCUT2D eigenvalue weighted by molar-refractivity contribution is 8.18. The molecule has 6 heteroatoms. The first-order valence-electron chi connectivity index (χ1n) is 6.57. The van der Waals surface area contributed by atoms with Crippen LogP contribution in [0.2, 0.25) is 5.02 Å². The second kappa shape index (κ2) is 6.34. The van der Waals surface area contributed by atoms with E-state index >= 15 is 0 Å². The van der Waals surface area contributed by atoms with E-state index in [9.17, 15) is 4.79 Å². The van der Waals surface area contributed by atoms with Gasteiger partial charge in [-0.1, -0.05) is 17.7 Å². The summed E-state index contributed by atoms with van der Waals surface area (Å²) in [5, 5.41) is 4.01. The van der Waals surface area contributed by atoms with Crippen molar-refractivity contribution in [1.29, 1.82) is 0 Å². The first kappa shape index (κ1) is 14.8. The number of nitrogens with zero attached hydrogens (tertiary/aromatic N) is 2. The number of carbonyl (C=O) groups excluding carboxylic acids is 1. The van der Waals surface area contributed by atoms with E-state index < -0.39 is 0 Å². The lowest BCUT2D eigenvalue weighted by Crippen LogP contribution is -2.19. The second-order valence-corrected chi connectivity index (χ2v) is 6.14. The highest BCUT2D eigenvalue weighted by atomic mass is 35.5. The average Bonchev–Trinajstić information content (AvgIpc) is 2.84. The van der Waals surface area contributed by atoms with E-state index in [0.717, 1.165) is 16.8 Å². The molecule has 0 aliphatic carbocycles. The maximum absolute atomic E-state index is 12.0. The SMILES string of the molecule is Cc1cc(N=C2NC(=O)/C(=C\c3cccnc3)S2)ccc1Cl. The topological polar surface area (TPSA) is 54.4 Å². The molecule has 1 aromatic carbocycles. The van der Waals surface area contributed by atoms with Gasteiger partial charge in [-0.05, 0) is 60.2 Å². The number of benzene rings is 1. The van der Waals surface area contributed by atoms with Gasteiger partial charge in [0.1, 0.15) is 0 Å². The third-order valence-electron chi connectivity index (χ3n) is 3.01. The molecule has 0 saturated carbocycles. The van der Waals surface area contributed by atoms with Crippen molar-refractivity contribution >= 4 is 46.2 Å². The Bertz CT molecular complexity index is 787. The van der Waals surface area contributed by atoms with Gasteiger partial charge in [0.15, 0.2) is 5.17 Å². The number of rotatable bonds is 2. The molecule has 1 N–H and O–H groups in total. The smallest absolute Gasteiger partial charge is 0.264 e. The molecule has 4 nitrogen and oxygen atoms in total. The number of amidine groups is 1. The van der Waals surface area contributed by atoms with Gasteiger partial charge >= 0.3 is 0 Å². The van der Waals surface area contributed by atoms with E-state index in [-0.39, 0.29) is 5.91 Å². The lowest BCUT2D eigenvalue weighted by molar-refractivity contribution is -0.115. The van der Waals surface area contributed by atoms with Crippen LogP contribution in [0.25, 0.3) is 6.08 Å². The summed E-state index contributed by atoms with van der Waals surface area (Å²) in [6.07, 6.45) is 5.20. The molecule has 110 valence electrons. The van der Waals surface area contributed by atoms with Gasteiger partial charge < -0.3 is 5.32 Å². The Morgan fingerprint density at radius 2 is 2.23 bits per heavy atom. The minimum atomic E-state index is -0.154. The number of amides is 1. The number of thioether (sulfide) groups is 1. The molecule has 3 rings (SSSR count). The summed E-state index contributed by atoms with van der Waals surface area (Å²) in [7, 11) is 0. The van der Waals surface area contributed by atoms with Crippen molar-refractivity contribution in [3.8, 4) is 0 Å². The van der Waals surface area contributed by atoms with Crippen LogP contribution in [0.3, 0.4) is 0 Å². The van der Waals surface area contributed by atoms with Gasteiger partial charge in [-0.3, -0.25) is 9.78 Å². The van der Waals surface area contributed by atoms with Crippen molar-refractivity contribution < 1.29 is 4.79 Å². The number of carbonyl (C=O) groups is 1. The predicted octanol–water partition coefficient (Wildman–Crippen LogP) is 3.94. The first-order chi connectivity index (χ1) is 10.6. The number of pyridine rings is 1. The molecule has 0 bridgehead atoms. The van der Waals surface area contributed by atoms with E-state index in [2.05, 4.69) is 15.3 Å². The second-order valence-electron chi connectivity index (χ2n) is 4.70. The van der Waals surface area contributed by atoms with Gasteiger partial charge in [-0.15, -0.1) is 0 Å². The number of halogens is 1. The summed E-state index contributed by atoms with van der Waals surface area (Å²) in [5.74, 6) is -0.154. The average molecular weight is 330 g/mol. The minimum Gasteiger partial charge on any atom is -0.300 e. The Morgan fingerprint density at radius 3 is 2.95 bits per heavy atom. The van der Waals surface area contributed by atoms with Gasteiger partial charge in [-0.2, -0.15) is 0 Å². The van der Waals surface area contributed by atoms with Gasteiger partial charge in [0.2, 0.25) is 0 Å². The lowest BCUT2D eigenvalue weighted by Gasteiger charge is -2.00. The fourth-order valence-corrected chi connectivity index (χ4v) is 2.87. The summed E-state index contributed by atoms with van der Waals surface area (Å²) in [4.78, 5) is 21.0. The zero-order valence-electron chi connectivity index (χ0n) is 11.7. The van der Waals surface area contributed by atoms with Crippen LogP contribution in [0.15, 0.2) is 52.6 Å². The number of nitrogens with one attached hydrogen (secondary N) is 1. The van der Waals surface area contributed by atoms with Crippen LogP contribution < -0.4 is 5.32 Å². The molecular weight excluding hydrogens is 318 g/mol. The van der Waals surface area contributed by atoms with Gasteiger partial charge in [0.05, 0.1) is 10.6 Å². The number of hydrogen-bond acceptors (Lipinski definition) is 4. The van der Waals surface area contributed by atoms with E-state index in [1.807, 2.05) is 31.2 Å². The Balaban J connectivity index is 1.83. The van der Waals surface area contributed by atoms with Gasteiger partial charge in [-0.25, -0.2) is 4.99 Å². The number of aliphatic imine (C=N–C) groups is 1. The van der Waals surface area contributed by atoms with E-state index in [4.69, 9.17) is 11.6 Å². The van der Waals surface area contributed by atoms with Crippen LogP contribution >= 0.6 is 23.4 Å². The van der Waals surface area contributed by atoms with Crippen molar-refractivity contribution in [2.45, 2.75) is 6.92 Å². The first-order valence-corrected chi connectivity index (χ1v) is 7.77. The quantitative estimate of drug-likeness (QED) is 0.849. The lowest BCUT2D eigenvalue weighted by atomic mass is 10.2.